The van der Waals surface area contributed by atoms with Crippen LogP contribution in [0.2, 0.25) is 0 Å². The first kappa shape index (κ1) is 37.1. The Morgan fingerprint density at radius 2 is 1.55 bits per heavy atom. The molecule has 0 bridgehead atoms. The van der Waals surface area contributed by atoms with Gasteiger partial charge >= 0.3 is 12.1 Å². The standard InChI is InChI=1S/C38H58N6O7/c1-37(2,3)51-36(50)39-28-18-12-6-4-5-11-17-26-23-38(26,35(48)49)40-33(46)30-21-27(24-43(30)34(28)47)44-31(45)22-29(42-19-13-8-14-20-42)32(41-44)25-15-9-7-10-16-25/h22,25-28,30H,4-21,23-24H2,1-3H3,(H,39,50)(H,40,46)(H,48,49)/t26-,27+,28-,30?,38+/m1/s1. The SMILES string of the molecule is CC(C)(C)OC(=O)N[C@@H]1CCCCCCC[C@@H]2C[C@]2(C(=O)O)NC(=O)C2C[C@H](n3nc(C4CCCCC4)c(N4CCCCC4)cc3=O)CN2C1=O. The largest absolute Gasteiger partial charge is 0.479 e. The fourth-order valence-corrected chi connectivity index (χ4v) is 8.90. The quantitative estimate of drug-likeness (QED) is 0.381. The van der Waals surface area contributed by atoms with E-state index in [0.717, 1.165) is 88.7 Å². The van der Waals surface area contributed by atoms with Gasteiger partial charge in [0.15, 0.2) is 0 Å². The molecule has 3 saturated heterocycles. The molecule has 3 amide bonds. The number of carbonyl (C=O) groups is 4. The van der Waals surface area contributed by atoms with Crippen LogP contribution in [0, 0.1) is 5.92 Å². The highest BCUT2D eigenvalue weighted by Crippen LogP contribution is 2.48. The van der Waals surface area contributed by atoms with E-state index < -0.39 is 53.1 Å². The number of aromatic nitrogens is 2. The van der Waals surface area contributed by atoms with Crippen molar-refractivity contribution in [2.75, 3.05) is 24.5 Å². The van der Waals surface area contributed by atoms with Crippen LogP contribution >= 0.6 is 0 Å². The van der Waals surface area contributed by atoms with Gasteiger partial charge in [-0.2, -0.15) is 5.10 Å². The lowest BCUT2D eigenvalue weighted by Gasteiger charge is -2.33. The molecule has 5 aliphatic rings. The number of aliphatic carboxylic acids is 1. The normalized spacial score (nSPS) is 29.9. The number of amides is 3. The monoisotopic (exact) mass is 710 g/mol. The van der Waals surface area contributed by atoms with Gasteiger partial charge in [0.1, 0.15) is 23.2 Å². The molecule has 1 aromatic rings. The molecule has 3 N–H and O–H groups in total. The van der Waals surface area contributed by atoms with Gasteiger partial charge in [-0.15, -0.1) is 0 Å². The number of carboxylic acid groups (broad SMARTS) is 1. The van der Waals surface area contributed by atoms with Crippen molar-refractivity contribution in [2.45, 2.75) is 165 Å². The van der Waals surface area contributed by atoms with E-state index in [9.17, 15) is 29.1 Å². The zero-order chi connectivity index (χ0) is 36.3. The summed E-state index contributed by atoms with van der Waals surface area (Å²) < 4.78 is 7.00. The average Bonchev–Trinajstić information content (AvgIpc) is 3.61. The minimum Gasteiger partial charge on any atom is -0.479 e. The molecule has 6 rings (SSSR count). The van der Waals surface area contributed by atoms with Crippen molar-refractivity contribution in [1.29, 1.82) is 0 Å². The first-order valence-electron chi connectivity index (χ1n) is 19.6. The second kappa shape index (κ2) is 15.5. The number of carbonyl (C=O) groups excluding carboxylic acids is 3. The van der Waals surface area contributed by atoms with Gasteiger partial charge in [0.2, 0.25) is 11.8 Å². The Bertz CT molecular complexity index is 1510. The van der Waals surface area contributed by atoms with Crippen molar-refractivity contribution in [3.05, 3.63) is 22.1 Å². The summed E-state index contributed by atoms with van der Waals surface area (Å²) in [4.78, 5) is 72.0. The number of alkyl carbamates (subject to hydrolysis) is 1. The zero-order valence-corrected chi connectivity index (χ0v) is 30.8. The van der Waals surface area contributed by atoms with Gasteiger partial charge in [0.25, 0.3) is 5.56 Å². The summed E-state index contributed by atoms with van der Waals surface area (Å²) in [5.74, 6) is -2.00. The number of fused-ring (bicyclic) bond motifs is 2. The Kier molecular flexibility index (Phi) is 11.3. The summed E-state index contributed by atoms with van der Waals surface area (Å²) in [5.41, 5.74) is -0.579. The number of ether oxygens (including phenoxy) is 1. The lowest BCUT2D eigenvalue weighted by atomic mass is 9.86. The maximum atomic E-state index is 14.5. The maximum absolute atomic E-state index is 14.5. The Balaban J connectivity index is 1.35. The van der Waals surface area contributed by atoms with Crippen LogP contribution < -0.4 is 21.1 Å². The Hall–Kier alpha value is -3.64. The van der Waals surface area contributed by atoms with Crippen LogP contribution in [0.4, 0.5) is 10.5 Å². The zero-order valence-electron chi connectivity index (χ0n) is 30.8. The summed E-state index contributed by atoms with van der Waals surface area (Å²) in [7, 11) is 0. The molecule has 2 aliphatic carbocycles. The summed E-state index contributed by atoms with van der Waals surface area (Å²) in [6.45, 7) is 7.06. The molecule has 4 heterocycles. The predicted octanol–water partition coefficient (Wildman–Crippen LogP) is 5.02. The van der Waals surface area contributed by atoms with Gasteiger partial charge in [-0.25, -0.2) is 14.3 Å². The van der Waals surface area contributed by atoms with E-state index >= 15 is 0 Å². The topological polar surface area (TPSA) is 163 Å². The number of hydrogen-bond acceptors (Lipinski definition) is 8. The van der Waals surface area contributed by atoms with Crippen LogP contribution in [-0.2, 0) is 19.1 Å². The Morgan fingerprint density at radius 1 is 0.922 bits per heavy atom. The first-order valence-corrected chi connectivity index (χ1v) is 19.6. The highest BCUT2D eigenvalue weighted by Gasteiger charge is 2.62. The van der Waals surface area contributed by atoms with Crippen molar-refractivity contribution < 1.29 is 29.0 Å². The Morgan fingerprint density at radius 3 is 2.24 bits per heavy atom. The summed E-state index contributed by atoms with van der Waals surface area (Å²) in [6, 6.07) is -0.889. The summed E-state index contributed by atoms with van der Waals surface area (Å²) in [6.07, 6.45) is 13.8. The number of carboxylic acids is 1. The van der Waals surface area contributed by atoms with Crippen LogP contribution in [0.3, 0.4) is 0 Å². The van der Waals surface area contributed by atoms with Crippen LogP contribution in [0.5, 0.6) is 0 Å². The Labute approximate surface area is 301 Å². The molecule has 1 aromatic heterocycles. The third-order valence-electron chi connectivity index (χ3n) is 11.7. The fraction of sp³-hybridized carbons (Fsp3) is 0.789. The molecule has 0 aromatic carbocycles. The second-order valence-electron chi connectivity index (χ2n) is 16.7. The third-order valence-corrected chi connectivity index (χ3v) is 11.7. The van der Waals surface area contributed by atoms with Crippen molar-refractivity contribution in [3.63, 3.8) is 0 Å². The number of rotatable bonds is 5. The van der Waals surface area contributed by atoms with E-state index in [2.05, 4.69) is 15.5 Å². The molecule has 0 spiro atoms. The third kappa shape index (κ3) is 8.54. The van der Waals surface area contributed by atoms with Crippen LogP contribution in [-0.4, -0.2) is 86.5 Å². The van der Waals surface area contributed by atoms with Crippen LogP contribution in [0.15, 0.2) is 10.9 Å². The smallest absolute Gasteiger partial charge is 0.408 e. The molecular weight excluding hydrogens is 652 g/mol. The fourth-order valence-electron chi connectivity index (χ4n) is 8.90. The minimum absolute atomic E-state index is 0.0347. The number of hydrogen-bond donors (Lipinski definition) is 3. The van der Waals surface area contributed by atoms with Gasteiger partial charge in [0.05, 0.1) is 17.4 Å². The predicted molar refractivity (Wildman–Crippen MR) is 192 cm³/mol. The minimum atomic E-state index is -1.36. The van der Waals surface area contributed by atoms with Crippen LogP contribution in [0.1, 0.15) is 148 Å². The molecule has 13 nitrogen and oxygen atoms in total. The number of anilines is 1. The van der Waals surface area contributed by atoms with Crippen molar-refractivity contribution >= 4 is 29.6 Å². The molecule has 51 heavy (non-hydrogen) atoms. The van der Waals surface area contributed by atoms with Crippen molar-refractivity contribution in [3.8, 4) is 0 Å². The van der Waals surface area contributed by atoms with E-state index in [1.54, 1.807) is 26.8 Å². The molecule has 13 heteroatoms. The molecule has 1 unspecified atom stereocenters. The molecule has 0 radical (unpaired) electrons. The van der Waals surface area contributed by atoms with Gasteiger partial charge in [-0.3, -0.25) is 14.4 Å². The maximum Gasteiger partial charge on any atom is 0.408 e. The van der Waals surface area contributed by atoms with Crippen LogP contribution in [0.25, 0.3) is 0 Å². The van der Waals surface area contributed by atoms with Gasteiger partial charge in [-0.1, -0.05) is 51.4 Å². The number of piperidine rings is 1. The average molecular weight is 711 g/mol. The number of nitrogens with one attached hydrogen (secondary N) is 2. The molecule has 5 atom stereocenters. The van der Waals surface area contributed by atoms with Gasteiger partial charge in [-0.05, 0) is 78.1 Å². The lowest BCUT2D eigenvalue weighted by molar-refractivity contribution is -0.146. The molecule has 3 aliphatic heterocycles. The van der Waals surface area contributed by atoms with E-state index in [0.29, 0.717) is 25.7 Å². The van der Waals surface area contributed by atoms with Crippen molar-refractivity contribution in [2.24, 2.45) is 5.92 Å². The molecule has 5 fully saturated rings. The van der Waals surface area contributed by atoms with Crippen molar-refractivity contribution in [1.82, 2.24) is 25.3 Å². The van der Waals surface area contributed by atoms with Gasteiger partial charge in [0, 0.05) is 38.0 Å². The highest BCUT2D eigenvalue weighted by atomic mass is 16.6. The molecule has 2 saturated carbocycles. The summed E-state index contributed by atoms with van der Waals surface area (Å²) in [5, 5.41) is 21.0. The second-order valence-corrected chi connectivity index (χ2v) is 16.7. The number of nitrogens with zero attached hydrogens (tertiary/aromatic N) is 4. The highest BCUT2D eigenvalue weighted by molar-refractivity contribution is 5.95. The van der Waals surface area contributed by atoms with E-state index in [4.69, 9.17) is 9.84 Å². The summed E-state index contributed by atoms with van der Waals surface area (Å²) >= 11 is 0. The molecule has 282 valence electrons. The van der Waals surface area contributed by atoms with E-state index in [-0.39, 0.29) is 30.4 Å². The van der Waals surface area contributed by atoms with Gasteiger partial charge < -0.3 is 30.3 Å². The molecular formula is C38H58N6O7. The van der Waals surface area contributed by atoms with E-state index in [1.165, 1.54) is 22.4 Å². The van der Waals surface area contributed by atoms with E-state index in [1.807, 2.05) is 0 Å². The first-order chi connectivity index (χ1) is 24.4. The lowest BCUT2D eigenvalue weighted by Crippen LogP contribution is -2.56.